The van der Waals surface area contributed by atoms with Gasteiger partial charge in [-0.2, -0.15) is 0 Å². The maximum absolute atomic E-state index is 5.85. The number of hydrogen-bond donors (Lipinski definition) is 1. The summed E-state index contributed by atoms with van der Waals surface area (Å²) >= 11 is 0. The summed E-state index contributed by atoms with van der Waals surface area (Å²) in [6, 6.07) is 10.7. The fourth-order valence-electron chi connectivity index (χ4n) is 3.39. The van der Waals surface area contributed by atoms with E-state index in [1.165, 1.54) is 43.0 Å². The molecular weight excluding hydrogens is 324 g/mol. The Balaban J connectivity index is 1.52. The molecule has 136 valence electrons. The Morgan fingerprint density at radius 2 is 2.00 bits per heavy atom. The van der Waals surface area contributed by atoms with E-state index in [0.717, 1.165) is 12.3 Å². The Bertz CT molecular complexity index is 627. The van der Waals surface area contributed by atoms with Crippen molar-refractivity contribution in [3.8, 4) is 0 Å². The van der Waals surface area contributed by atoms with Crippen LogP contribution in [0.25, 0.3) is 0 Å². The first-order chi connectivity index (χ1) is 12.0. The molecule has 0 spiro atoms. The molecule has 0 saturated heterocycles. The molecule has 1 unspecified atom stereocenters. The lowest BCUT2D eigenvalue weighted by molar-refractivity contribution is 0.143. The summed E-state index contributed by atoms with van der Waals surface area (Å²) in [5.41, 5.74) is 3.49. The Labute approximate surface area is 153 Å². The largest absolute Gasteiger partial charge is 0.382 e. The second kappa shape index (κ2) is 8.32. The van der Waals surface area contributed by atoms with Crippen molar-refractivity contribution in [2.75, 3.05) is 18.5 Å². The summed E-state index contributed by atoms with van der Waals surface area (Å²) in [5.74, 6) is 0. The van der Waals surface area contributed by atoms with E-state index in [0.29, 0.717) is 12.6 Å². The van der Waals surface area contributed by atoms with Crippen LogP contribution in [0.1, 0.15) is 31.2 Å². The topological polar surface area (TPSA) is 33.6 Å². The predicted octanol–water partition coefficient (Wildman–Crippen LogP) is 5.12. The Morgan fingerprint density at radius 3 is 2.76 bits per heavy atom. The van der Waals surface area contributed by atoms with Crippen molar-refractivity contribution >= 4 is 19.5 Å². The number of aliphatic imine (C=N–C) groups is 1. The van der Waals surface area contributed by atoms with Crippen LogP contribution in [0.4, 0.5) is 5.69 Å². The molecule has 1 aromatic carbocycles. The zero-order valence-corrected chi connectivity index (χ0v) is 16.9. The molecule has 3 rings (SSSR count). The molecule has 0 bridgehead atoms. The van der Waals surface area contributed by atoms with E-state index in [1.807, 2.05) is 0 Å². The zero-order chi connectivity index (χ0) is 17.7. The van der Waals surface area contributed by atoms with Crippen molar-refractivity contribution in [3.05, 3.63) is 42.0 Å². The molecular formula is C21H32N2OSi. The smallest absolute Gasteiger partial charge is 0.0924 e. The summed E-state index contributed by atoms with van der Waals surface area (Å²) in [6.07, 6.45) is 9.60. The molecule has 1 saturated carbocycles. The van der Waals surface area contributed by atoms with Crippen molar-refractivity contribution < 1.29 is 4.74 Å². The molecule has 1 N–H and O–H groups in total. The molecule has 1 aliphatic carbocycles. The van der Waals surface area contributed by atoms with Crippen LogP contribution in [0.5, 0.6) is 0 Å². The zero-order valence-electron chi connectivity index (χ0n) is 15.9. The normalized spacial score (nSPS) is 20.9. The van der Waals surface area contributed by atoms with E-state index in [4.69, 9.17) is 9.73 Å². The molecule has 4 heteroatoms. The molecule has 1 heterocycles. The average molecular weight is 357 g/mol. The molecule has 0 aromatic heterocycles. The summed E-state index contributed by atoms with van der Waals surface area (Å²) in [7, 11) is -1.01. The van der Waals surface area contributed by atoms with Crippen molar-refractivity contribution in [1.29, 1.82) is 0 Å². The molecule has 0 amide bonds. The first-order valence-electron chi connectivity index (χ1n) is 9.70. The highest BCUT2D eigenvalue weighted by Crippen LogP contribution is 2.23. The summed E-state index contributed by atoms with van der Waals surface area (Å²) < 4.78 is 5.85. The average Bonchev–Trinajstić information content (AvgIpc) is 3.23. The van der Waals surface area contributed by atoms with E-state index in [9.17, 15) is 0 Å². The minimum absolute atomic E-state index is 0.170. The maximum atomic E-state index is 5.85. The van der Waals surface area contributed by atoms with E-state index >= 15 is 0 Å². The van der Waals surface area contributed by atoms with E-state index in [-0.39, 0.29) is 6.04 Å². The number of nitrogens with one attached hydrogen (secondary N) is 1. The first-order valence-corrected chi connectivity index (χ1v) is 13.4. The van der Waals surface area contributed by atoms with Gasteiger partial charge in [0, 0.05) is 32.0 Å². The van der Waals surface area contributed by atoms with Gasteiger partial charge in [-0.05, 0) is 37.1 Å². The van der Waals surface area contributed by atoms with Crippen LogP contribution < -0.4 is 5.32 Å². The van der Waals surface area contributed by atoms with Gasteiger partial charge in [-0.25, -0.2) is 0 Å². The Hall–Kier alpha value is -1.39. The van der Waals surface area contributed by atoms with Gasteiger partial charge in [0.15, 0.2) is 0 Å². The fraction of sp³-hybridized carbons (Fsp3) is 0.571. The van der Waals surface area contributed by atoms with E-state index in [1.54, 1.807) is 0 Å². The first kappa shape index (κ1) is 18.4. The number of nitrogens with zero attached hydrogens (tertiary/aromatic N) is 1. The highest BCUT2D eigenvalue weighted by atomic mass is 28.3. The van der Waals surface area contributed by atoms with Crippen molar-refractivity contribution in [3.63, 3.8) is 0 Å². The van der Waals surface area contributed by atoms with Crippen LogP contribution >= 0.6 is 0 Å². The molecule has 1 aromatic rings. The van der Waals surface area contributed by atoms with Gasteiger partial charge in [-0.1, -0.05) is 50.7 Å². The van der Waals surface area contributed by atoms with Gasteiger partial charge in [0.2, 0.25) is 0 Å². The fourth-order valence-corrected chi connectivity index (χ4v) is 4.14. The highest BCUT2D eigenvalue weighted by molar-refractivity contribution is 6.76. The molecule has 1 aliphatic heterocycles. The highest BCUT2D eigenvalue weighted by Gasteiger charge is 2.17. The van der Waals surface area contributed by atoms with E-state index in [2.05, 4.69) is 61.4 Å². The van der Waals surface area contributed by atoms with Crippen molar-refractivity contribution in [2.24, 2.45) is 4.99 Å². The van der Waals surface area contributed by atoms with Gasteiger partial charge in [0.25, 0.3) is 0 Å². The second-order valence-electron chi connectivity index (χ2n) is 8.53. The summed E-state index contributed by atoms with van der Waals surface area (Å²) in [5, 5.41) is 3.67. The number of anilines is 1. The lowest BCUT2D eigenvalue weighted by Crippen LogP contribution is -2.22. The number of hydrogen-bond acceptors (Lipinski definition) is 3. The lowest BCUT2D eigenvalue weighted by atomic mass is 10.1. The van der Waals surface area contributed by atoms with Crippen LogP contribution in [0.15, 0.2) is 41.4 Å². The van der Waals surface area contributed by atoms with E-state index < -0.39 is 8.07 Å². The third kappa shape index (κ3) is 5.82. The number of rotatable bonds is 8. The third-order valence-electron chi connectivity index (χ3n) is 4.95. The standard InChI is InChI=1S/C21H32N2OSi/c1-25(2,3)14-13-24-16-20-11-12-21(23-20)17-7-6-10-19(15-17)22-18-8-4-5-9-18/h6-7,10-12,15,18,20,22H,4-5,8-9,13-14,16H2,1-3H3. The minimum atomic E-state index is -1.01. The van der Waals surface area contributed by atoms with Gasteiger partial charge in [-0.3, -0.25) is 4.99 Å². The third-order valence-corrected chi connectivity index (χ3v) is 6.65. The molecule has 25 heavy (non-hydrogen) atoms. The monoisotopic (exact) mass is 356 g/mol. The van der Waals surface area contributed by atoms with Crippen molar-refractivity contribution in [1.82, 2.24) is 0 Å². The van der Waals surface area contributed by atoms with Gasteiger partial charge < -0.3 is 10.1 Å². The minimum Gasteiger partial charge on any atom is -0.382 e. The maximum Gasteiger partial charge on any atom is 0.0924 e. The quantitative estimate of drug-likeness (QED) is 0.518. The van der Waals surface area contributed by atoms with Crippen molar-refractivity contribution in [2.45, 2.75) is 63.5 Å². The van der Waals surface area contributed by atoms with Crippen LogP contribution in [0.3, 0.4) is 0 Å². The Morgan fingerprint density at radius 1 is 1.20 bits per heavy atom. The number of allylic oxidation sites excluding steroid dienone is 1. The molecule has 1 fully saturated rings. The molecule has 1 atom stereocenters. The van der Waals surface area contributed by atoms with Crippen LogP contribution in [-0.4, -0.2) is 39.1 Å². The summed E-state index contributed by atoms with van der Waals surface area (Å²) in [6.45, 7) is 8.72. The van der Waals surface area contributed by atoms with Crippen LogP contribution in [0, 0.1) is 0 Å². The van der Waals surface area contributed by atoms with Gasteiger partial charge in [0.05, 0.1) is 18.4 Å². The molecule has 2 aliphatic rings. The second-order valence-corrected chi connectivity index (χ2v) is 14.2. The van der Waals surface area contributed by atoms with Gasteiger partial charge in [0.1, 0.15) is 0 Å². The van der Waals surface area contributed by atoms with Gasteiger partial charge >= 0.3 is 0 Å². The Kier molecular flexibility index (Phi) is 6.13. The van der Waals surface area contributed by atoms with Gasteiger partial charge in [-0.15, -0.1) is 0 Å². The number of benzene rings is 1. The van der Waals surface area contributed by atoms with Crippen LogP contribution in [-0.2, 0) is 4.74 Å². The summed E-state index contributed by atoms with van der Waals surface area (Å²) in [4.78, 5) is 4.83. The lowest BCUT2D eigenvalue weighted by Gasteiger charge is -2.16. The molecule has 0 radical (unpaired) electrons. The van der Waals surface area contributed by atoms with Crippen LogP contribution in [0.2, 0.25) is 25.7 Å². The SMILES string of the molecule is C[Si](C)(C)CCOCC1C=CC(c2cccc(NC3CCCC3)c2)=N1. The number of ether oxygens (including phenoxy) is 1. The predicted molar refractivity (Wildman–Crippen MR) is 111 cm³/mol. The molecule has 3 nitrogen and oxygen atoms in total.